The first kappa shape index (κ1) is 14.4. The molecular weight excluding hydrogens is 250 g/mol. The number of carbonyl (C=O) groups excluding carboxylic acids is 1. The Bertz CT molecular complexity index is 451. The molecule has 0 spiro atoms. The van der Waals surface area contributed by atoms with Crippen molar-refractivity contribution in [3.8, 4) is 0 Å². The summed E-state index contributed by atoms with van der Waals surface area (Å²) in [4.78, 5) is 24.9. The molecule has 0 saturated carbocycles. The first-order valence-corrected chi connectivity index (χ1v) is 6.68. The van der Waals surface area contributed by atoms with Crippen molar-refractivity contribution in [1.29, 1.82) is 0 Å². The lowest BCUT2D eigenvalue weighted by atomic mass is 10.2. The average Bonchev–Trinajstić information content (AvgIpc) is 2.80. The number of amides is 1. The predicted molar refractivity (Wildman–Crippen MR) is 72.9 cm³/mol. The van der Waals surface area contributed by atoms with Crippen LogP contribution in [0.4, 0.5) is 0 Å². The van der Waals surface area contributed by atoms with Crippen LogP contribution in [0, 0.1) is 0 Å². The number of unbranched alkanes of at least 4 members (excludes halogenated alkanes) is 1. The fourth-order valence-corrected chi connectivity index (χ4v) is 2.34. The number of hydrogen-bond acceptors (Lipinski definition) is 3. The van der Waals surface area contributed by atoms with E-state index in [9.17, 15) is 9.59 Å². The summed E-state index contributed by atoms with van der Waals surface area (Å²) < 4.78 is 0. The van der Waals surface area contributed by atoms with Gasteiger partial charge in [0, 0.05) is 19.7 Å². The van der Waals surface area contributed by atoms with Crippen LogP contribution in [0.5, 0.6) is 0 Å². The SMILES string of the molecule is CCCCN(C)C(=O)c1sccc1C=CC(=O)O. The minimum absolute atomic E-state index is 0.0523. The molecule has 4 nitrogen and oxygen atoms in total. The van der Waals surface area contributed by atoms with Crippen LogP contribution < -0.4 is 0 Å². The highest BCUT2D eigenvalue weighted by Crippen LogP contribution is 2.20. The van der Waals surface area contributed by atoms with Gasteiger partial charge in [0.25, 0.3) is 5.91 Å². The van der Waals surface area contributed by atoms with Crippen LogP contribution in [0.15, 0.2) is 17.5 Å². The van der Waals surface area contributed by atoms with E-state index in [-0.39, 0.29) is 5.91 Å². The summed E-state index contributed by atoms with van der Waals surface area (Å²) in [5.41, 5.74) is 0.663. The topological polar surface area (TPSA) is 57.6 Å². The summed E-state index contributed by atoms with van der Waals surface area (Å²) in [6.07, 6.45) is 4.51. The first-order chi connectivity index (χ1) is 8.56. The molecule has 0 saturated heterocycles. The molecule has 0 aromatic carbocycles. The van der Waals surface area contributed by atoms with E-state index in [4.69, 9.17) is 5.11 Å². The minimum atomic E-state index is -1.01. The van der Waals surface area contributed by atoms with E-state index in [1.165, 1.54) is 17.4 Å². The zero-order chi connectivity index (χ0) is 13.5. The number of carboxylic acids is 1. The van der Waals surface area contributed by atoms with Crippen molar-refractivity contribution in [1.82, 2.24) is 4.90 Å². The van der Waals surface area contributed by atoms with Gasteiger partial charge in [-0.05, 0) is 29.5 Å². The molecule has 0 aliphatic rings. The molecule has 98 valence electrons. The highest BCUT2D eigenvalue weighted by atomic mass is 32.1. The molecule has 0 radical (unpaired) electrons. The number of thiophene rings is 1. The average molecular weight is 267 g/mol. The Labute approximate surface area is 111 Å². The van der Waals surface area contributed by atoms with Gasteiger partial charge in [0.1, 0.15) is 0 Å². The zero-order valence-corrected chi connectivity index (χ0v) is 11.4. The van der Waals surface area contributed by atoms with Gasteiger partial charge in [-0.2, -0.15) is 0 Å². The van der Waals surface area contributed by atoms with Crippen LogP contribution >= 0.6 is 11.3 Å². The molecule has 1 heterocycles. The van der Waals surface area contributed by atoms with Gasteiger partial charge in [-0.1, -0.05) is 13.3 Å². The Morgan fingerprint density at radius 1 is 1.50 bits per heavy atom. The number of nitrogens with zero attached hydrogens (tertiary/aromatic N) is 1. The summed E-state index contributed by atoms with van der Waals surface area (Å²) in [7, 11) is 1.77. The maximum Gasteiger partial charge on any atom is 0.328 e. The van der Waals surface area contributed by atoms with Crippen LogP contribution in [0.3, 0.4) is 0 Å². The number of hydrogen-bond donors (Lipinski definition) is 1. The number of rotatable bonds is 6. The van der Waals surface area contributed by atoms with Crippen molar-refractivity contribution < 1.29 is 14.7 Å². The Morgan fingerprint density at radius 3 is 2.83 bits per heavy atom. The van der Waals surface area contributed by atoms with Gasteiger partial charge < -0.3 is 10.0 Å². The van der Waals surface area contributed by atoms with Gasteiger partial charge in [-0.15, -0.1) is 11.3 Å². The van der Waals surface area contributed by atoms with Crippen LogP contribution in [0.1, 0.15) is 35.0 Å². The molecular formula is C13H17NO3S. The molecule has 0 atom stereocenters. The highest BCUT2D eigenvalue weighted by molar-refractivity contribution is 7.12. The van der Waals surface area contributed by atoms with Gasteiger partial charge in [0.15, 0.2) is 0 Å². The third-order valence-electron chi connectivity index (χ3n) is 2.49. The van der Waals surface area contributed by atoms with Crippen LogP contribution in [-0.4, -0.2) is 35.5 Å². The Morgan fingerprint density at radius 2 is 2.22 bits per heavy atom. The summed E-state index contributed by atoms with van der Waals surface area (Å²) >= 11 is 1.34. The maximum absolute atomic E-state index is 12.1. The van der Waals surface area contributed by atoms with Gasteiger partial charge in [-0.25, -0.2) is 4.79 Å². The standard InChI is InChI=1S/C13H17NO3S/c1-3-4-8-14(2)13(17)12-10(7-9-18-12)5-6-11(15)16/h5-7,9H,3-4,8H2,1-2H3,(H,15,16). The van der Waals surface area contributed by atoms with Gasteiger partial charge >= 0.3 is 5.97 Å². The molecule has 1 amide bonds. The van der Waals surface area contributed by atoms with Crippen LogP contribution in [0.2, 0.25) is 0 Å². The second-order valence-electron chi connectivity index (χ2n) is 3.96. The molecule has 5 heteroatoms. The van der Waals surface area contributed by atoms with E-state index in [2.05, 4.69) is 6.92 Å². The summed E-state index contributed by atoms with van der Waals surface area (Å²) in [6.45, 7) is 2.79. The van der Waals surface area contributed by atoms with E-state index < -0.39 is 5.97 Å². The summed E-state index contributed by atoms with van der Waals surface area (Å²) in [5, 5.41) is 10.4. The minimum Gasteiger partial charge on any atom is -0.478 e. The zero-order valence-electron chi connectivity index (χ0n) is 10.5. The lowest BCUT2D eigenvalue weighted by molar-refractivity contribution is -0.131. The second-order valence-corrected chi connectivity index (χ2v) is 4.87. The third-order valence-corrected chi connectivity index (χ3v) is 3.41. The lowest BCUT2D eigenvalue weighted by Gasteiger charge is -2.16. The predicted octanol–water partition coefficient (Wildman–Crippen LogP) is 2.72. The molecule has 0 aliphatic heterocycles. The molecule has 1 aromatic rings. The third kappa shape index (κ3) is 4.00. The summed E-state index contributed by atoms with van der Waals surface area (Å²) in [6, 6.07) is 1.75. The summed E-state index contributed by atoms with van der Waals surface area (Å²) in [5.74, 6) is -1.07. The quantitative estimate of drug-likeness (QED) is 0.806. The second kappa shape index (κ2) is 6.96. The molecule has 1 rings (SSSR count). The smallest absolute Gasteiger partial charge is 0.328 e. The van der Waals surface area contributed by atoms with E-state index >= 15 is 0 Å². The molecule has 1 N–H and O–H groups in total. The van der Waals surface area contributed by atoms with Gasteiger partial charge in [0.05, 0.1) is 4.88 Å². The highest BCUT2D eigenvalue weighted by Gasteiger charge is 2.15. The fourth-order valence-electron chi connectivity index (χ4n) is 1.46. The largest absolute Gasteiger partial charge is 0.478 e. The fraction of sp³-hybridized carbons (Fsp3) is 0.385. The molecule has 18 heavy (non-hydrogen) atoms. The van der Waals surface area contributed by atoms with Crippen molar-refractivity contribution in [2.24, 2.45) is 0 Å². The number of carbonyl (C=O) groups is 2. The molecule has 0 fully saturated rings. The number of aliphatic carboxylic acids is 1. The Balaban J connectivity index is 2.80. The molecule has 0 aliphatic carbocycles. The maximum atomic E-state index is 12.1. The van der Waals surface area contributed by atoms with Crippen LogP contribution in [0.25, 0.3) is 6.08 Å². The monoisotopic (exact) mass is 267 g/mol. The normalized spacial score (nSPS) is 10.8. The molecule has 1 aromatic heterocycles. The lowest BCUT2D eigenvalue weighted by Crippen LogP contribution is -2.27. The van der Waals surface area contributed by atoms with E-state index in [0.717, 1.165) is 25.5 Å². The van der Waals surface area contributed by atoms with E-state index in [1.807, 2.05) is 0 Å². The van der Waals surface area contributed by atoms with Crippen molar-refractivity contribution in [3.05, 3.63) is 28.0 Å². The van der Waals surface area contributed by atoms with Gasteiger partial charge in [0.2, 0.25) is 0 Å². The van der Waals surface area contributed by atoms with Crippen molar-refractivity contribution in [2.45, 2.75) is 19.8 Å². The molecule has 0 unspecified atom stereocenters. The van der Waals surface area contributed by atoms with Crippen LogP contribution in [-0.2, 0) is 4.79 Å². The Kier molecular flexibility index (Phi) is 5.58. The first-order valence-electron chi connectivity index (χ1n) is 5.80. The van der Waals surface area contributed by atoms with E-state index in [1.54, 1.807) is 23.4 Å². The van der Waals surface area contributed by atoms with Crippen molar-refractivity contribution in [3.63, 3.8) is 0 Å². The van der Waals surface area contributed by atoms with Gasteiger partial charge in [-0.3, -0.25) is 4.79 Å². The van der Waals surface area contributed by atoms with E-state index in [0.29, 0.717) is 10.4 Å². The Hall–Kier alpha value is -1.62. The number of carboxylic acid groups (broad SMARTS) is 1. The van der Waals surface area contributed by atoms with Crippen molar-refractivity contribution in [2.75, 3.05) is 13.6 Å². The van der Waals surface area contributed by atoms with Crippen molar-refractivity contribution >= 4 is 29.3 Å². The molecule has 0 bridgehead atoms.